The van der Waals surface area contributed by atoms with Gasteiger partial charge in [-0.05, 0) is 38.0 Å². The lowest BCUT2D eigenvalue weighted by molar-refractivity contribution is -0.137. The molecule has 2 amide bonds. The van der Waals surface area contributed by atoms with E-state index in [-0.39, 0.29) is 12.5 Å². The number of anilines is 1. The van der Waals surface area contributed by atoms with Gasteiger partial charge in [-0.1, -0.05) is 43.3 Å². The number of H-pyrrole nitrogens is 1. The molecule has 0 aliphatic rings. The van der Waals surface area contributed by atoms with Crippen molar-refractivity contribution < 1.29 is 19.1 Å². The van der Waals surface area contributed by atoms with E-state index in [1.165, 1.54) is 4.90 Å². The Morgan fingerprint density at radius 1 is 1.03 bits per heavy atom. The molecule has 0 saturated heterocycles. The number of amides is 2. The summed E-state index contributed by atoms with van der Waals surface area (Å²) in [4.78, 5) is 42.3. The number of aromatic amines is 1. The van der Waals surface area contributed by atoms with Crippen LogP contribution < -0.4 is 5.32 Å². The van der Waals surface area contributed by atoms with Crippen molar-refractivity contribution in [3.63, 3.8) is 0 Å². The molecular formula is C24H27N3O4. The fourth-order valence-electron chi connectivity index (χ4n) is 3.47. The third-order valence-corrected chi connectivity index (χ3v) is 5.02. The SMILES string of the molecule is CCCN(CC(=O)Nc1ccccc1C)C(=O)COC(=O)c1c(C)[nH]c2ccccc12. The minimum absolute atomic E-state index is 0.106. The number of para-hydroxylation sites is 2. The van der Waals surface area contributed by atoms with E-state index in [2.05, 4.69) is 10.3 Å². The summed E-state index contributed by atoms with van der Waals surface area (Å²) in [6.45, 7) is 5.47. The van der Waals surface area contributed by atoms with Gasteiger partial charge in [0.25, 0.3) is 5.91 Å². The van der Waals surface area contributed by atoms with Crippen LogP contribution in [0.3, 0.4) is 0 Å². The zero-order valence-electron chi connectivity index (χ0n) is 18.0. The number of hydrogen-bond acceptors (Lipinski definition) is 4. The van der Waals surface area contributed by atoms with Gasteiger partial charge in [-0.3, -0.25) is 9.59 Å². The van der Waals surface area contributed by atoms with E-state index in [0.29, 0.717) is 29.9 Å². The van der Waals surface area contributed by atoms with Crippen LogP contribution in [0.5, 0.6) is 0 Å². The molecule has 31 heavy (non-hydrogen) atoms. The number of nitrogens with one attached hydrogen (secondary N) is 2. The Hall–Kier alpha value is -3.61. The summed E-state index contributed by atoms with van der Waals surface area (Å²) in [6, 6.07) is 14.9. The van der Waals surface area contributed by atoms with Crippen LogP contribution in [0.1, 0.15) is 35.0 Å². The maximum atomic E-state index is 12.7. The van der Waals surface area contributed by atoms with E-state index in [0.717, 1.165) is 16.5 Å². The Bertz CT molecular complexity index is 1100. The molecule has 7 heteroatoms. The molecule has 1 aromatic heterocycles. The first-order valence-corrected chi connectivity index (χ1v) is 10.3. The predicted octanol–water partition coefficient (Wildman–Crippen LogP) is 3.82. The van der Waals surface area contributed by atoms with E-state index < -0.39 is 18.5 Å². The number of ether oxygens (including phenoxy) is 1. The molecule has 0 aliphatic heterocycles. The maximum absolute atomic E-state index is 12.7. The molecule has 0 radical (unpaired) electrons. The van der Waals surface area contributed by atoms with Gasteiger partial charge in [-0.25, -0.2) is 4.79 Å². The summed E-state index contributed by atoms with van der Waals surface area (Å²) in [6.07, 6.45) is 0.679. The normalized spacial score (nSPS) is 10.7. The van der Waals surface area contributed by atoms with Crippen LogP contribution in [0.15, 0.2) is 48.5 Å². The fraction of sp³-hybridized carbons (Fsp3) is 0.292. The second-order valence-corrected chi connectivity index (χ2v) is 7.43. The molecule has 0 atom stereocenters. The molecule has 0 bridgehead atoms. The molecule has 0 fully saturated rings. The van der Waals surface area contributed by atoms with Gasteiger partial charge in [-0.15, -0.1) is 0 Å². The van der Waals surface area contributed by atoms with E-state index in [1.807, 2.05) is 62.4 Å². The van der Waals surface area contributed by atoms with Crippen molar-refractivity contribution in [2.75, 3.05) is 25.0 Å². The van der Waals surface area contributed by atoms with Gasteiger partial charge < -0.3 is 19.9 Å². The van der Waals surface area contributed by atoms with Gasteiger partial charge in [0.05, 0.1) is 12.1 Å². The van der Waals surface area contributed by atoms with Crippen molar-refractivity contribution in [1.82, 2.24) is 9.88 Å². The summed E-state index contributed by atoms with van der Waals surface area (Å²) in [5.41, 5.74) is 3.58. The summed E-state index contributed by atoms with van der Waals surface area (Å²) < 4.78 is 5.30. The van der Waals surface area contributed by atoms with E-state index in [9.17, 15) is 14.4 Å². The first-order chi connectivity index (χ1) is 14.9. The highest BCUT2D eigenvalue weighted by Crippen LogP contribution is 2.22. The highest BCUT2D eigenvalue weighted by Gasteiger charge is 2.21. The Morgan fingerprint density at radius 2 is 1.74 bits per heavy atom. The van der Waals surface area contributed by atoms with E-state index >= 15 is 0 Å². The Balaban J connectivity index is 1.62. The number of aryl methyl sites for hydroxylation is 2. The zero-order valence-corrected chi connectivity index (χ0v) is 18.0. The van der Waals surface area contributed by atoms with Crippen molar-refractivity contribution in [2.24, 2.45) is 0 Å². The van der Waals surface area contributed by atoms with Crippen LogP contribution >= 0.6 is 0 Å². The van der Waals surface area contributed by atoms with Crippen LogP contribution in [0.2, 0.25) is 0 Å². The molecule has 1 heterocycles. The van der Waals surface area contributed by atoms with Crippen LogP contribution in [-0.4, -0.2) is 47.4 Å². The van der Waals surface area contributed by atoms with Gasteiger partial charge >= 0.3 is 5.97 Å². The van der Waals surface area contributed by atoms with Gasteiger partial charge in [-0.2, -0.15) is 0 Å². The van der Waals surface area contributed by atoms with Crippen molar-refractivity contribution in [3.8, 4) is 0 Å². The standard InChI is InChI=1S/C24H27N3O4/c1-4-13-27(14-21(28)26-19-11-7-5-9-16(19)2)22(29)15-31-24(30)23-17(3)25-20-12-8-6-10-18(20)23/h5-12,25H,4,13-15H2,1-3H3,(H,26,28). The first kappa shape index (κ1) is 22.1. The molecule has 2 N–H and O–H groups in total. The summed E-state index contributed by atoms with van der Waals surface area (Å²) in [7, 11) is 0. The molecule has 162 valence electrons. The number of benzene rings is 2. The van der Waals surface area contributed by atoms with Crippen LogP contribution in [0.25, 0.3) is 10.9 Å². The van der Waals surface area contributed by atoms with E-state index in [1.54, 1.807) is 6.92 Å². The second kappa shape index (κ2) is 9.93. The lowest BCUT2D eigenvalue weighted by atomic mass is 10.1. The van der Waals surface area contributed by atoms with Gasteiger partial charge in [0.15, 0.2) is 6.61 Å². The Labute approximate surface area is 181 Å². The van der Waals surface area contributed by atoms with Crippen molar-refractivity contribution in [1.29, 1.82) is 0 Å². The predicted molar refractivity (Wildman–Crippen MR) is 120 cm³/mol. The Kier molecular flexibility index (Phi) is 7.07. The molecule has 2 aromatic carbocycles. The number of aromatic nitrogens is 1. The molecule has 3 aromatic rings. The van der Waals surface area contributed by atoms with Crippen LogP contribution in [-0.2, 0) is 14.3 Å². The smallest absolute Gasteiger partial charge is 0.341 e. The summed E-state index contributed by atoms with van der Waals surface area (Å²) >= 11 is 0. The lowest BCUT2D eigenvalue weighted by Gasteiger charge is -2.21. The molecular weight excluding hydrogens is 394 g/mol. The second-order valence-electron chi connectivity index (χ2n) is 7.43. The maximum Gasteiger partial charge on any atom is 0.341 e. The number of nitrogens with zero attached hydrogens (tertiary/aromatic N) is 1. The quantitative estimate of drug-likeness (QED) is 0.541. The highest BCUT2D eigenvalue weighted by molar-refractivity contribution is 6.06. The first-order valence-electron chi connectivity index (χ1n) is 10.3. The van der Waals surface area contributed by atoms with Gasteiger partial charge in [0, 0.05) is 28.8 Å². The average molecular weight is 421 g/mol. The topological polar surface area (TPSA) is 91.5 Å². The zero-order chi connectivity index (χ0) is 22.4. The molecule has 3 rings (SSSR count). The van der Waals surface area contributed by atoms with Gasteiger partial charge in [0.1, 0.15) is 0 Å². The van der Waals surface area contributed by atoms with Crippen molar-refractivity contribution in [3.05, 3.63) is 65.4 Å². The minimum Gasteiger partial charge on any atom is -0.452 e. The molecule has 0 unspecified atom stereocenters. The number of rotatable bonds is 8. The van der Waals surface area contributed by atoms with Crippen LogP contribution in [0, 0.1) is 13.8 Å². The third-order valence-electron chi connectivity index (χ3n) is 5.02. The van der Waals surface area contributed by atoms with Crippen LogP contribution in [0.4, 0.5) is 5.69 Å². The minimum atomic E-state index is -0.566. The van der Waals surface area contributed by atoms with Gasteiger partial charge in [0.2, 0.25) is 5.91 Å². The third kappa shape index (κ3) is 5.31. The number of fused-ring (bicyclic) bond motifs is 1. The molecule has 0 saturated carbocycles. The lowest BCUT2D eigenvalue weighted by Crippen LogP contribution is -2.40. The average Bonchev–Trinajstić information content (AvgIpc) is 3.09. The summed E-state index contributed by atoms with van der Waals surface area (Å²) in [5, 5.41) is 3.57. The highest BCUT2D eigenvalue weighted by atomic mass is 16.5. The molecule has 7 nitrogen and oxygen atoms in total. The fourth-order valence-corrected chi connectivity index (χ4v) is 3.47. The van der Waals surface area contributed by atoms with E-state index in [4.69, 9.17) is 4.74 Å². The van der Waals surface area contributed by atoms with Crippen molar-refractivity contribution in [2.45, 2.75) is 27.2 Å². The summed E-state index contributed by atoms with van der Waals surface area (Å²) in [5.74, 6) is -1.27. The largest absolute Gasteiger partial charge is 0.452 e. The number of hydrogen-bond donors (Lipinski definition) is 2. The molecule has 0 aliphatic carbocycles. The number of carbonyl (C=O) groups excluding carboxylic acids is 3. The Morgan fingerprint density at radius 3 is 2.48 bits per heavy atom. The monoisotopic (exact) mass is 421 g/mol. The molecule has 0 spiro atoms. The number of esters is 1. The number of carbonyl (C=O) groups is 3. The van der Waals surface area contributed by atoms with Crippen molar-refractivity contribution >= 4 is 34.4 Å².